The van der Waals surface area contributed by atoms with E-state index in [0.717, 1.165) is 6.42 Å². The zero-order chi connectivity index (χ0) is 13.3. The maximum atomic E-state index is 10.6. The lowest BCUT2D eigenvalue weighted by Crippen LogP contribution is -2.40. The summed E-state index contributed by atoms with van der Waals surface area (Å²) in [7, 11) is 0. The second-order valence-electron chi connectivity index (χ2n) is 6.17. The summed E-state index contributed by atoms with van der Waals surface area (Å²) in [5.74, 6) is 0.727. The van der Waals surface area contributed by atoms with Crippen LogP contribution in [0.25, 0.3) is 0 Å². The maximum absolute atomic E-state index is 10.6. The normalized spacial score (nSPS) is 12.7. The number of hydrogen-bond donors (Lipinski definition) is 1. The molecule has 0 rings (SSSR count). The van der Waals surface area contributed by atoms with Crippen LogP contribution in [0.1, 0.15) is 86.0 Å². The van der Waals surface area contributed by atoms with Crippen molar-refractivity contribution in [3.05, 3.63) is 0 Å². The molecule has 1 nitrogen and oxygen atoms in total. The highest BCUT2D eigenvalue weighted by atomic mass is 16.3. The molecular formula is C16H34O. The zero-order valence-corrected chi connectivity index (χ0v) is 12.8. The van der Waals surface area contributed by atoms with Crippen molar-refractivity contribution in [3.63, 3.8) is 0 Å². The van der Waals surface area contributed by atoms with E-state index in [1.54, 1.807) is 0 Å². The Bertz CT molecular complexity index is 164. The molecule has 0 radical (unpaired) electrons. The minimum atomic E-state index is -0.455. The third-order valence-electron chi connectivity index (χ3n) is 4.18. The van der Waals surface area contributed by atoms with E-state index in [1.165, 1.54) is 44.9 Å². The maximum Gasteiger partial charge on any atom is 0.0693 e. The molecule has 0 spiro atoms. The molecule has 0 amide bonds. The van der Waals surface area contributed by atoms with Gasteiger partial charge in [0.25, 0.3) is 0 Å². The summed E-state index contributed by atoms with van der Waals surface area (Å²) in [5.41, 5.74) is -0.455. The predicted molar refractivity (Wildman–Crippen MR) is 77.2 cm³/mol. The lowest BCUT2D eigenvalue weighted by molar-refractivity contribution is -0.0555. The minimum Gasteiger partial charge on any atom is -0.389 e. The Morgan fingerprint density at radius 3 is 1.59 bits per heavy atom. The van der Waals surface area contributed by atoms with Crippen LogP contribution in [-0.4, -0.2) is 10.7 Å². The average molecular weight is 242 g/mol. The van der Waals surface area contributed by atoms with Crippen molar-refractivity contribution in [1.82, 2.24) is 0 Å². The van der Waals surface area contributed by atoms with Crippen LogP contribution in [0.5, 0.6) is 0 Å². The lowest BCUT2D eigenvalue weighted by atomic mass is 9.77. The van der Waals surface area contributed by atoms with Crippen molar-refractivity contribution in [2.24, 2.45) is 11.8 Å². The Morgan fingerprint density at radius 2 is 1.18 bits per heavy atom. The first-order chi connectivity index (χ1) is 7.95. The topological polar surface area (TPSA) is 20.2 Å². The van der Waals surface area contributed by atoms with Crippen molar-refractivity contribution < 1.29 is 5.11 Å². The molecule has 0 aliphatic carbocycles. The van der Waals surface area contributed by atoms with Gasteiger partial charge in [0.15, 0.2) is 0 Å². The van der Waals surface area contributed by atoms with Crippen LogP contribution in [0.4, 0.5) is 0 Å². The quantitative estimate of drug-likeness (QED) is 0.524. The molecule has 0 unspecified atom stereocenters. The largest absolute Gasteiger partial charge is 0.389 e. The van der Waals surface area contributed by atoms with Gasteiger partial charge in [-0.25, -0.2) is 0 Å². The first kappa shape index (κ1) is 17.0. The fraction of sp³-hybridized carbons (Fsp3) is 1.00. The minimum absolute atomic E-state index is 0.364. The van der Waals surface area contributed by atoms with Crippen LogP contribution in [0.3, 0.4) is 0 Å². The van der Waals surface area contributed by atoms with Gasteiger partial charge in [-0.05, 0) is 18.3 Å². The molecule has 0 aromatic heterocycles. The van der Waals surface area contributed by atoms with Crippen LogP contribution in [0.2, 0.25) is 0 Å². The van der Waals surface area contributed by atoms with E-state index in [1.807, 2.05) is 0 Å². The Kier molecular flexibility index (Phi) is 8.94. The predicted octanol–water partition coefficient (Wildman–Crippen LogP) is 5.17. The first-order valence-electron chi connectivity index (χ1n) is 7.67. The van der Waals surface area contributed by atoms with Gasteiger partial charge in [0.2, 0.25) is 0 Å². The number of rotatable bonds is 10. The molecule has 0 aromatic rings. The van der Waals surface area contributed by atoms with Crippen molar-refractivity contribution in [2.45, 2.75) is 91.6 Å². The average Bonchev–Trinajstić information content (AvgIpc) is 2.27. The molecular weight excluding hydrogens is 208 g/mol. The molecule has 104 valence electrons. The van der Waals surface area contributed by atoms with Crippen molar-refractivity contribution in [2.75, 3.05) is 0 Å². The van der Waals surface area contributed by atoms with Gasteiger partial charge in [0, 0.05) is 0 Å². The van der Waals surface area contributed by atoms with E-state index in [9.17, 15) is 5.11 Å². The molecule has 0 bridgehead atoms. The van der Waals surface area contributed by atoms with Crippen LogP contribution < -0.4 is 0 Å². The van der Waals surface area contributed by atoms with Gasteiger partial charge >= 0.3 is 0 Å². The Hall–Kier alpha value is -0.0400. The number of hydrogen-bond acceptors (Lipinski definition) is 1. The Morgan fingerprint density at radius 1 is 0.765 bits per heavy atom. The molecule has 0 heterocycles. The smallest absolute Gasteiger partial charge is 0.0693 e. The number of unbranched alkanes of at least 4 members (excludes halogenated alkanes) is 6. The second kappa shape index (κ2) is 8.97. The molecule has 0 aliphatic rings. The lowest BCUT2D eigenvalue weighted by Gasteiger charge is -2.36. The van der Waals surface area contributed by atoms with E-state index in [2.05, 4.69) is 34.6 Å². The SMILES string of the molecule is CCCCCCCCCC(O)(C(C)C)C(C)C. The van der Waals surface area contributed by atoms with Crippen molar-refractivity contribution >= 4 is 0 Å². The van der Waals surface area contributed by atoms with Crippen molar-refractivity contribution in [1.29, 1.82) is 0 Å². The summed E-state index contributed by atoms with van der Waals surface area (Å²) in [5, 5.41) is 10.6. The summed E-state index contributed by atoms with van der Waals surface area (Å²) < 4.78 is 0. The summed E-state index contributed by atoms with van der Waals surface area (Å²) >= 11 is 0. The molecule has 1 heteroatoms. The second-order valence-corrected chi connectivity index (χ2v) is 6.17. The van der Waals surface area contributed by atoms with Crippen LogP contribution >= 0.6 is 0 Å². The third kappa shape index (κ3) is 6.45. The van der Waals surface area contributed by atoms with Gasteiger partial charge in [-0.3, -0.25) is 0 Å². The van der Waals surface area contributed by atoms with E-state index < -0.39 is 5.60 Å². The van der Waals surface area contributed by atoms with E-state index in [0.29, 0.717) is 11.8 Å². The zero-order valence-electron chi connectivity index (χ0n) is 12.8. The standard InChI is InChI=1S/C16H34O/c1-6-7-8-9-10-11-12-13-16(17,14(2)3)15(4)5/h14-15,17H,6-13H2,1-5H3. The van der Waals surface area contributed by atoms with Gasteiger partial charge in [-0.2, -0.15) is 0 Å². The Balaban J connectivity index is 3.70. The monoisotopic (exact) mass is 242 g/mol. The van der Waals surface area contributed by atoms with Gasteiger partial charge < -0.3 is 5.11 Å². The van der Waals surface area contributed by atoms with Crippen LogP contribution in [0.15, 0.2) is 0 Å². The number of aliphatic hydroxyl groups is 1. The highest BCUT2D eigenvalue weighted by Gasteiger charge is 2.33. The summed E-state index contributed by atoms with van der Waals surface area (Å²) in [6.07, 6.45) is 10.2. The van der Waals surface area contributed by atoms with Crippen LogP contribution in [-0.2, 0) is 0 Å². The van der Waals surface area contributed by atoms with E-state index >= 15 is 0 Å². The Labute approximate surface area is 109 Å². The van der Waals surface area contributed by atoms with Gasteiger partial charge in [0.05, 0.1) is 5.60 Å². The van der Waals surface area contributed by atoms with Gasteiger partial charge in [-0.1, -0.05) is 79.6 Å². The molecule has 0 aromatic carbocycles. The first-order valence-corrected chi connectivity index (χ1v) is 7.67. The molecule has 0 saturated carbocycles. The fourth-order valence-electron chi connectivity index (χ4n) is 2.61. The molecule has 1 N–H and O–H groups in total. The van der Waals surface area contributed by atoms with E-state index in [4.69, 9.17) is 0 Å². The third-order valence-corrected chi connectivity index (χ3v) is 4.18. The highest BCUT2D eigenvalue weighted by Crippen LogP contribution is 2.31. The molecule has 0 fully saturated rings. The molecule has 0 saturated heterocycles. The van der Waals surface area contributed by atoms with Gasteiger partial charge in [-0.15, -0.1) is 0 Å². The summed E-state index contributed by atoms with van der Waals surface area (Å²) in [4.78, 5) is 0. The fourth-order valence-corrected chi connectivity index (χ4v) is 2.61. The highest BCUT2D eigenvalue weighted by molar-refractivity contribution is 4.84. The molecule has 0 atom stereocenters. The van der Waals surface area contributed by atoms with E-state index in [-0.39, 0.29) is 0 Å². The molecule has 0 aliphatic heterocycles. The molecule has 17 heavy (non-hydrogen) atoms. The van der Waals surface area contributed by atoms with Crippen LogP contribution in [0, 0.1) is 11.8 Å². The summed E-state index contributed by atoms with van der Waals surface area (Å²) in [6.45, 7) is 10.8. The summed E-state index contributed by atoms with van der Waals surface area (Å²) in [6, 6.07) is 0. The van der Waals surface area contributed by atoms with Gasteiger partial charge in [0.1, 0.15) is 0 Å². The van der Waals surface area contributed by atoms with Crippen molar-refractivity contribution in [3.8, 4) is 0 Å².